The Bertz CT molecular complexity index is 797. The number of hydrogen-bond acceptors (Lipinski definition) is 3. The molecule has 0 aliphatic carbocycles. The van der Waals surface area contributed by atoms with Gasteiger partial charge in [-0.2, -0.15) is 5.11 Å². The van der Waals surface area contributed by atoms with Crippen molar-refractivity contribution in [3.8, 4) is 5.75 Å². The monoisotopic (exact) mass is 280 g/mol. The van der Waals surface area contributed by atoms with Gasteiger partial charge in [-0.1, -0.05) is 24.3 Å². The van der Waals surface area contributed by atoms with Crippen LogP contribution in [-0.4, -0.2) is 7.11 Å². The second-order valence-corrected chi connectivity index (χ2v) is 4.51. The Hall–Kier alpha value is -2.75. The van der Waals surface area contributed by atoms with E-state index in [0.717, 1.165) is 22.2 Å². The quantitative estimate of drug-likeness (QED) is 0.591. The van der Waals surface area contributed by atoms with Crippen molar-refractivity contribution in [2.75, 3.05) is 7.11 Å². The molecule has 0 aliphatic rings. The number of rotatable bonds is 3. The van der Waals surface area contributed by atoms with Gasteiger partial charge in [-0.3, -0.25) is 0 Å². The second kappa shape index (κ2) is 5.71. The van der Waals surface area contributed by atoms with Crippen molar-refractivity contribution in [1.82, 2.24) is 0 Å². The molecule has 3 aromatic rings. The minimum absolute atomic E-state index is 0.288. The Morgan fingerprint density at radius 1 is 0.810 bits per heavy atom. The molecule has 0 spiro atoms. The lowest BCUT2D eigenvalue weighted by atomic mass is 10.1. The maximum absolute atomic E-state index is 12.9. The molecule has 0 saturated heterocycles. The summed E-state index contributed by atoms with van der Waals surface area (Å²) in [6.07, 6.45) is 0. The van der Waals surface area contributed by atoms with Crippen LogP contribution in [0.5, 0.6) is 5.75 Å². The molecular weight excluding hydrogens is 267 g/mol. The van der Waals surface area contributed by atoms with E-state index in [0.29, 0.717) is 5.69 Å². The first-order valence-corrected chi connectivity index (χ1v) is 6.51. The van der Waals surface area contributed by atoms with Gasteiger partial charge < -0.3 is 4.74 Å². The van der Waals surface area contributed by atoms with E-state index in [1.165, 1.54) is 12.1 Å². The Labute approximate surface area is 121 Å². The number of benzene rings is 3. The molecule has 0 saturated carbocycles. The minimum atomic E-state index is -0.288. The van der Waals surface area contributed by atoms with Crippen molar-refractivity contribution in [3.05, 3.63) is 66.5 Å². The third-order valence-electron chi connectivity index (χ3n) is 3.18. The van der Waals surface area contributed by atoms with E-state index < -0.39 is 0 Å². The molecule has 3 nitrogen and oxygen atoms in total. The molecule has 0 N–H and O–H groups in total. The molecule has 0 aliphatic heterocycles. The van der Waals surface area contributed by atoms with Gasteiger partial charge in [0, 0.05) is 10.8 Å². The van der Waals surface area contributed by atoms with Crippen LogP contribution >= 0.6 is 0 Å². The molecule has 0 radical (unpaired) electrons. The Morgan fingerprint density at radius 2 is 1.52 bits per heavy atom. The van der Waals surface area contributed by atoms with Crippen LogP contribution in [0, 0.1) is 5.82 Å². The maximum atomic E-state index is 12.9. The third-order valence-corrected chi connectivity index (χ3v) is 3.18. The molecule has 3 rings (SSSR count). The summed E-state index contributed by atoms with van der Waals surface area (Å²) in [5.74, 6) is 0.509. The van der Waals surface area contributed by atoms with Gasteiger partial charge in [-0.25, -0.2) is 4.39 Å². The zero-order valence-electron chi connectivity index (χ0n) is 11.5. The highest BCUT2D eigenvalue weighted by Crippen LogP contribution is 2.33. The van der Waals surface area contributed by atoms with Crippen molar-refractivity contribution in [3.63, 3.8) is 0 Å². The zero-order valence-corrected chi connectivity index (χ0v) is 11.5. The highest BCUT2D eigenvalue weighted by Gasteiger charge is 2.05. The normalized spacial score (nSPS) is 11.1. The summed E-state index contributed by atoms with van der Waals surface area (Å²) in [5, 5.41) is 10.3. The summed E-state index contributed by atoms with van der Waals surface area (Å²) in [6, 6.07) is 17.5. The van der Waals surface area contributed by atoms with Gasteiger partial charge in [-0.05, 0) is 36.4 Å². The molecule has 21 heavy (non-hydrogen) atoms. The number of fused-ring (bicyclic) bond motifs is 1. The summed E-state index contributed by atoms with van der Waals surface area (Å²) in [6.45, 7) is 0. The van der Waals surface area contributed by atoms with Gasteiger partial charge in [-0.15, -0.1) is 5.11 Å². The highest BCUT2D eigenvalue weighted by atomic mass is 19.1. The minimum Gasteiger partial charge on any atom is -0.496 e. The smallest absolute Gasteiger partial charge is 0.126 e. The number of nitrogens with zero attached hydrogens (tertiary/aromatic N) is 2. The van der Waals surface area contributed by atoms with Crippen LogP contribution in [0.2, 0.25) is 0 Å². The van der Waals surface area contributed by atoms with E-state index in [1.54, 1.807) is 19.2 Å². The van der Waals surface area contributed by atoms with Crippen LogP contribution in [0.1, 0.15) is 0 Å². The molecule has 0 unspecified atom stereocenters. The van der Waals surface area contributed by atoms with Gasteiger partial charge >= 0.3 is 0 Å². The van der Waals surface area contributed by atoms with E-state index >= 15 is 0 Å². The first kappa shape index (κ1) is 13.2. The van der Waals surface area contributed by atoms with Crippen molar-refractivity contribution in [2.24, 2.45) is 10.2 Å². The van der Waals surface area contributed by atoms with E-state index in [-0.39, 0.29) is 5.82 Å². The van der Waals surface area contributed by atoms with Crippen LogP contribution in [0.4, 0.5) is 15.8 Å². The van der Waals surface area contributed by atoms with Crippen molar-refractivity contribution in [1.29, 1.82) is 0 Å². The summed E-state index contributed by atoms with van der Waals surface area (Å²) in [7, 11) is 1.64. The number of hydrogen-bond donors (Lipinski definition) is 0. The fourth-order valence-electron chi connectivity index (χ4n) is 2.14. The predicted molar refractivity (Wildman–Crippen MR) is 81.1 cm³/mol. The zero-order chi connectivity index (χ0) is 14.7. The van der Waals surface area contributed by atoms with Crippen LogP contribution in [0.3, 0.4) is 0 Å². The lowest BCUT2D eigenvalue weighted by molar-refractivity contribution is 0.420. The lowest BCUT2D eigenvalue weighted by Crippen LogP contribution is -1.84. The maximum Gasteiger partial charge on any atom is 0.126 e. The fraction of sp³-hybridized carbons (Fsp3) is 0.0588. The third kappa shape index (κ3) is 2.74. The summed E-state index contributed by atoms with van der Waals surface area (Å²) in [5.41, 5.74) is 1.35. The second-order valence-electron chi connectivity index (χ2n) is 4.51. The molecular formula is C17H13FN2O. The van der Waals surface area contributed by atoms with Crippen LogP contribution in [0.25, 0.3) is 10.8 Å². The number of ether oxygens (including phenoxy) is 1. The molecule has 4 heteroatoms. The van der Waals surface area contributed by atoms with Gasteiger partial charge in [0.15, 0.2) is 0 Å². The van der Waals surface area contributed by atoms with E-state index in [1.807, 2.05) is 36.4 Å². The summed E-state index contributed by atoms with van der Waals surface area (Å²) >= 11 is 0. The van der Waals surface area contributed by atoms with Crippen LogP contribution < -0.4 is 4.74 Å². The number of azo groups is 1. The first-order chi connectivity index (χ1) is 10.3. The Balaban J connectivity index is 2.03. The summed E-state index contributed by atoms with van der Waals surface area (Å²) in [4.78, 5) is 0. The molecule has 0 amide bonds. The van der Waals surface area contributed by atoms with Crippen molar-refractivity contribution < 1.29 is 9.13 Å². The van der Waals surface area contributed by atoms with Crippen molar-refractivity contribution >= 4 is 22.1 Å². The topological polar surface area (TPSA) is 34.0 Å². The Morgan fingerprint density at radius 3 is 2.24 bits per heavy atom. The van der Waals surface area contributed by atoms with E-state index in [2.05, 4.69) is 10.2 Å². The predicted octanol–water partition coefficient (Wildman–Crippen LogP) is 5.40. The van der Waals surface area contributed by atoms with E-state index in [9.17, 15) is 4.39 Å². The van der Waals surface area contributed by atoms with Gasteiger partial charge in [0.2, 0.25) is 0 Å². The molecule has 104 valence electrons. The average Bonchev–Trinajstić information content (AvgIpc) is 2.54. The largest absolute Gasteiger partial charge is 0.496 e. The molecule has 3 aromatic carbocycles. The molecule has 0 bridgehead atoms. The number of halogens is 1. The Kier molecular flexibility index (Phi) is 3.60. The first-order valence-electron chi connectivity index (χ1n) is 6.51. The molecule has 0 heterocycles. The summed E-state index contributed by atoms with van der Waals surface area (Å²) < 4.78 is 18.2. The SMILES string of the molecule is COc1ccc(N=Nc2ccc(F)cc2)c2ccccc12. The van der Waals surface area contributed by atoms with Crippen LogP contribution in [-0.2, 0) is 0 Å². The fourth-order valence-corrected chi connectivity index (χ4v) is 2.14. The average molecular weight is 280 g/mol. The standard InChI is InChI=1S/C17H13FN2O/c1-21-17-11-10-16(14-4-2-3-5-15(14)17)20-19-13-8-6-12(18)7-9-13/h2-11H,1H3. The number of methoxy groups -OCH3 is 1. The van der Waals surface area contributed by atoms with Gasteiger partial charge in [0.05, 0.1) is 18.5 Å². The van der Waals surface area contributed by atoms with Crippen LogP contribution in [0.15, 0.2) is 70.9 Å². The molecule has 0 atom stereocenters. The molecule has 0 aromatic heterocycles. The highest BCUT2D eigenvalue weighted by molar-refractivity contribution is 5.96. The molecule has 0 fully saturated rings. The van der Waals surface area contributed by atoms with Crippen molar-refractivity contribution in [2.45, 2.75) is 0 Å². The van der Waals surface area contributed by atoms with E-state index in [4.69, 9.17) is 4.74 Å². The van der Waals surface area contributed by atoms with Gasteiger partial charge in [0.1, 0.15) is 11.6 Å². The van der Waals surface area contributed by atoms with Gasteiger partial charge in [0.25, 0.3) is 0 Å². The lowest BCUT2D eigenvalue weighted by Gasteiger charge is -2.06.